The molecule has 6 heteroatoms. The van der Waals surface area contributed by atoms with Gasteiger partial charge in [-0.3, -0.25) is 4.79 Å². The predicted molar refractivity (Wildman–Crippen MR) is 103 cm³/mol. The molecule has 2 aromatic rings. The van der Waals surface area contributed by atoms with E-state index in [4.69, 9.17) is 0 Å². The molecule has 1 aromatic heterocycles. The second-order valence-electron chi connectivity index (χ2n) is 5.58. The molecule has 25 heavy (non-hydrogen) atoms. The van der Waals surface area contributed by atoms with Gasteiger partial charge in [0.25, 0.3) is 5.91 Å². The quantitative estimate of drug-likeness (QED) is 0.721. The maximum atomic E-state index is 12.4. The van der Waals surface area contributed by atoms with Crippen LogP contribution in [0, 0.1) is 6.92 Å². The Kier molecular flexibility index (Phi) is 6.51. The van der Waals surface area contributed by atoms with Crippen molar-refractivity contribution in [2.45, 2.75) is 20.8 Å². The monoisotopic (exact) mass is 339 g/mol. The van der Waals surface area contributed by atoms with Crippen molar-refractivity contribution in [1.29, 1.82) is 0 Å². The number of hydrogen-bond donors (Lipinski definition) is 2. The number of aromatic nitrogens is 2. The molecule has 0 saturated heterocycles. The minimum atomic E-state index is -0.276. The van der Waals surface area contributed by atoms with Crippen molar-refractivity contribution in [3.63, 3.8) is 0 Å². The largest absolute Gasteiger partial charge is 0.372 e. The molecular weight excluding hydrogens is 314 g/mol. The summed E-state index contributed by atoms with van der Waals surface area (Å²) >= 11 is 0. The Morgan fingerprint density at radius 2 is 2.00 bits per heavy atom. The number of rotatable bonds is 8. The van der Waals surface area contributed by atoms with Crippen LogP contribution in [0.4, 0.5) is 17.2 Å². The molecule has 0 radical (unpaired) electrons. The maximum absolute atomic E-state index is 12.4. The van der Waals surface area contributed by atoms with Crippen LogP contribution >= 0.6 is 0 Å². The van der Waals surface area contributed by atoms with Crippen LogP contribution in [-0.2, 0) is 0 Å². The fourth-order valence-corrected chi connectivity index (χ4v) is 2.47. The first kappa shape index (κ1) is 18.4. The molecule has 0 bridgehead atoms. The molecule has 0 aliphatic carbocycles. The van der Waals surface area contributed by atoms with Crippen LogP contribution in [0.25, 0.3) is 0 Å². The lowest BCUT2D eigenvalue weighted by atomic mass is 10.1. The standard InChI is InChI=1S/C19H25N5O/c1-5-10-20-18-13-21-17(12-22-18)19(25)23-16-9-8-15(11-14(16)4)24(6-2)7-3/h5,8-9,11-13H,1,6-7,10H2,2-4H3,(H,20,22)(H,23,25). The van der Waals surface area contributed by atoms with E-state index in [1.807, 2.05) is 19.1 Å². The van der Waals surface area contributed by atoms with Crippen LogP contribution < -0.4 is 15.5 Å². The smallest absolute Gasteiger partial charge is 0.275 e. The average Bonchev–Trinajstić information content (AvgIpc) is 2.63. The van der Waals surface area contributed by atoms with Crippen molar-refractivity contribution in [3.8, 4) is 0 Å². The highest BCUT2D eigenvalue weighted by Gasteiger charge is 2.11. The van der Waals surface area contributed by atoms with Crippen LogP contribution in [0.3, 0.4) is 0 Å². The number of nitrogens with zero attached hydrogens (tertiary/aromatic N) is 3. The minimum Gasteiger partial charge on any atom is -0.372 e. The van der Waals surface area contributed by atoms with Gasteiger partial charge in [0.2, 0.25) is 0 Å². The molecule has 0 unspecified atom stereocenters. The van der Waals surface area contributed by atoms with E-state index >= 15 is 0 Å². The van der Waals surface area contributed by atoms with Gasteiger partial charge in [0.1, 0.15) is 11.5 Å². The lowest BCUT2D eigenvalue weighted by molar-refractivity contribution is 0.102. The van der Waals surface area contributed by atoms with Crippen LogP contribution in [0.2, 0.25) is 0 Å². The summed E-state index contributed by atoms with van der Waals surface area (Å²) in [6.45, 7) is 12.4. The van der Waals surface area contributed by atoms with Crippen molar-refractivity contribution in [2.75, 3.05) is 35.2 Å². The average molecular weight is 339 g/mol. The Morgan fingerprint density at radius 1 is 1.24 bits per heavy atom. The number of aryl methyl sites for hydroxylation is 1. The highest BCUT2D eigenvalue weighted by molar-refractivity contribution is 6.03. The van der Waals surface area contributed by atoms with E-state index in [9.17, 15) is 4.79 Å². The van der Waals surface area contributed by atoms with Crippen LogP contribution in [0.15, 0.2) is 43.2 Å². The molecule has 1 aromatic carbocycles. The van der Waals surface area contributed by atoms with Crippen LogP contribution in [-0.4, -0.2) is 35.5 Å². The topological polar surface area (TPSA) is 70.2 Å². The van der Waals surface area contributed by atoms with Gasteiger partial charge in [-0.05, 0) is 44.5 Å². The third-order valence-corrected chi connectivity index (χ3v) is 3.90. The van der Waals surface area contributed by atoms with Gasteiger partial charge in [-0.15, -0.1) is 6.58 Å². The third-order valence-electron chi connectivity index (χ3n) is 3.90. The molecule has 0 spiro atoms. The Labute approximate surface area is 149 Å². The fraction of sp³-hybridized carbons (Fsp3) is 0.316. The first-order valence-electron chi connectivity index (χ1n) is 8.42. The fourth-order valence-electron chi connectivity index (χ4n) is 2.47. The molecular formula is C19H25N5O. The number of anilines is 3. The van der Waals surface area contributed by atoms with E-state index < -0.39 is 0 Å². The van der Waals surface area contributed by atoms with Gasteiger partial charge in [-0.2, -0.15) is 0 Å². The summed E-state index contributed by atoms with van der Waals surface area (Å²) in [5.41, 5.74) is 3.21. The summed E-state index contributed by atoms with van der Waals surface area (Å²) in [5, 5.41) is 5.91. The third kappa shape index (κ3) is 4.79. The summed E-state index contributed by atoms with van der Waals surface area (Å²) < 4.78 is 0. The Bertz CT molecular complexity index is 723. The van der Waals surface area contributed by atoms with E-state index in [0.717, 1.165) is 30.0 Å². The van der Waals surface area contributed by atoms with E-state index in [2.05, 4.69) is 52.0 Å². The summed E-state index contributed by atoms with van der Waals surface area (Å²) in [6, 6.07) is 6.02. The highest BCUT2D eigenvalue weighted by Crippen LogP contribution is 2.23. The molecule has 2 N–H and O–H groups in total. The van der Waals surface area contributed by atoms with E-state index in [1.54, 1.807) is 6.08 Å². The normalized spacial score (nSPS) is 10.2. The summed E-state index contributed by atoms with van der Waals surface area (Å²) in [5.74, 6) is 0.331. The van der Waals surface area contributed by atoms with E-state index in [1.165, 1.54) is 12.4 Å². The lowest BCUT2D eigenvalue weighted by Crippen LogP contribution is -2.22. The van der Waals surface area contributed by atoms with Gasteiger partial charge in [-0.25, -0.2) is 9.97 Å². The van der Waals surface area contributed by atoms with Crippen LogP contribution in [0.5, 0.6) is 0 Å². The van der Waals surface area contributed by atoms with E-state index in [-0.39, 0.29) is 11.6 Å². The number of amides is 1. The molecule has 132 valence electrons. The second-order valence-corrected chi connectivity index (χ2v) is 5.58. The van der Waals surface area contributed by atoms with Gasteiger partial charge < -0.3 is 15.5 Å². The second kappa shape index (κ2) is 8.82. The SMILES string of the molecule is C=CCNc1cnc(C(=O)Nc2ccc(N(CC)CC)cc2C)cn1. The molecule has 0 fully saturated rings. The number of benzene rings is 1. The number of carbonyl (C=O) groups excluding carboxylic acids is 1. The number of carbonyl (C=O) groups is 1. The Balaban J connectivity index is 2.08. The Hall–Kier alpha value is -2.89. The zero-order chi connectivity index (χ0) is 18.2. The van der Waals surface area contributed by atoms with Crippen molar-refractivity contribution >= 4 is 23.1 Å². The van der Waals surface area contributed by atoms with Crippen LogP contribution in [0.1, 0.15) is 29.9 Å². The predicted octanol–water partition coefficient (Wildman–Crippen LogP) is 3.48. The summed E-state index contributed by atoms with van der Waals surface area (Å²) in [6.07, 6.45) is 4.72. The summed E-state index contributed by atoms with van der Waals surface area (Å²) in [7, 11) is 0. The molecule has 1 amide bonds. The lowest BCUT2D eigenvalue weighted by Gasteiger charge is -2.22. The Morgan fingerprint density at radius 3 is 2.56 bits per heavy atom. The molecule has 0 aliphatic rings. The first-order valence-corrected chi connectivity index (χ1v) is 8.42. The minimum absolute atomic E-state index is 0.274. The molecule has 0 saturated carbocycles. The molecule has 2 rings (SSSR count). The molecule has 1 heterocycles. The molecule has 6 nitrogen and oxygen atoms in total. The molecule has 0 aliphatic heterocycles. The van der Waals surface area contributed by atoms with Crippen molar-refractivity contribution < 1.29 is 4.79 Å². The number of hydrogen-bond acceptors (Lipinski definition) is 5. The molecule has 0 atom stereocenters. The summed E-state index contributed by atoms with van der Waals surface area (Å²) in [4.78, 5) is 22.9. The first-order chi connectivity index (χ1) is 12.1. The van der Waals surface area contributed by atoms with E-state index in [0.29, 0.717) is 12.4 Å². The zero-order valence-corrected chi connectivity index (χ0v) is 15.0. The van der Waals surface area contributed by atoms with Crippen molar-refractivity contribution in [1.82, 2.24) is 9.97 Å². The van der Waals surface area contributed by atoms with Crippen molar-refractivity contribution in [3.05, 3.63) is 54.5 Å². The van der Waals surface area contributed by atoms with Gasteiger partial charge in [-0.1, -0.05) is 6.08 Å². The van der Waals surface area contributed by atoms with Gasteiger partial charge >= 0.3 is 0 Å². The number of nitrogens with one attached hydrogen (secondary N) is 2. The van der Waals surface area contributed by atoms with Gasteiger partial charge in [0.15, 0.2) is 0 Å². The zero-order valence-electron chi connectivity index (χ0n) is 15.0. The van der Waals surface area contributed by atoms with Gasteiger partial charge in [0.05, 0.1) is 12.4 Å². The van der Waals surface area contributed by atoms with Crippen molar-refractivity contribution in [2.24, 2.45) is 0 Å². The highest BCUT2D eigenvalue weighted by atomic mass is 16.1. The van der Waals surface area contributed by atoms with Gasteiger partial charge in [0, 0.05) is 31.0 Å². The maximum Gasteiger partial charge on any atom is 0.275 e.